The number of nitrogens with zero attached hydrogens (tertiary/aromatic N) is 1. The minimum Gasteiger partial charge on any atom is -0.447 e. The van der Waals surface area contributed by atoms with Gasteiger partial charge in [-0.2, -0.15) is 4.31 Å². The van der Waals surface area contributed by atoms with Crippen LogP contribution in [-0.4, -0.2) is 43.7 Å². The number of ether oxygens (including phenoxy) is 1. The summed E-state index contributed by atoms with van der Waals surface area (Å²) >= 11 is 0. The zero-order valence-corrected chi connectivity index (χ0v) is 18.9. The van der Waals surface area contributed by atoms with Crippen LogP contribution in [0.5, 0.6) is 0 Å². The zero-order chi connectivity index (χ0) is 22.7. The number of benzene rings is 2. The van der Waals surface area contributed by atoms with Crippen LogP contribution in [0.15, 0.2) is 59.5 Å². The Morgan fingerprint density at radius 2 is 1.59 bits per heavy atom. The first-order valence-electron chi connectivity index (χ1n) is 11.0. The van der Waals surface area contributed by atoms with Crippen molar-refractivity contribution in [3.8, 4) is 0 Å². The molecule has 1 saturated carbocycles. The molecular weight excluding hydrogens is 428 g/mol. The molecule has 2 fully saturated rings. The fourth-order valence-corrected chi connectivity index (χ4v) is 5.28. The lowest BCUT2D eigenvalue weighted by atomic mass is 9.98. The molecule has 1 N–H and O–H groups in total. The van der Waals surface area contributed by atoms with Gasteiger partial charge in [-0.05, 0) is 44.7 Å². The summed E-state index contributed by atoms with van der Waals surface area (Å²) in [6.45, 7) is 2.38. The van der Waals surface area contributed by atoms with E-state index in [4.69, 9.17) is 4.74 Å². The first kappa shape index (κ1) is 22.5. The quantitative estimate of drug-likeness (QED) is 0.647. The number of aryl methyl sites for hydroxylation is 1. The minimum atomic E-state index is -3.60. The minimum absolute atomic E-state index is 0.155. The second-order valence-electron chi connectivity index (χ2n) is 8.50. The fourth-order valence-electron chi connectivity index (χ4n) is 3.81. The average Bonchev–Trinajstić information content (AvgIpc) is 3.62. The van der Waals surface area contributed by atoms with Gasteiger partial charge in [0.05, 0.1) is 10.8 Å². The van der Waals surface area contributed by atoms with Gasteiger partial charge < -0.3 is 10.1 Å². The van der Waals surface area contributed by atoms with E-state index in [1.807, 2.05) is 13.0 Å². The van der Waals surface area contributed by atoms with Crippen LogP contribution >= 0.6 is 0 Å². The van der Waals surface area contributed by atoms with E-state index in [2.05, 4.69) is 5.32 Å². The molecule has 1 atom stereocenters. The largest absolute Gasteiger partial charge is 0.447 e. The lowest BCUT2D eigenvalue weighted by Gasteiger charge is -2.31. The monoisotopic (exact) mass is 456 g/mol. The number of nitrogens with one attached hydrogen (secondary N) is 1. The maximum Gasteiger partial charge on any atom is 0.310 e. The molecule has 1 aliphatic heterocycles. The normalized spacial score (nSPS) is 18.7. The van der Waals surface area contributed by atoms with Crippen LogP contribution in [0.3, 0.4) is 0 Å². The van der Waals surface area contributed by atoms with Crippen molar-refractivity contribution in [3.63, 3.8) is 0 Å². The van der Waals surface area contributed by atoms with Crippen molar-refractivity contribution in [2.24, 2.45) is 5.92 Å². The molecule has 2 aromatic carbocycles. The Bertz CT molecular complexity index is 1060. The highest BCUT2D eigenvalue weighted by molar-refractivity contribution is 7.89. The van der Waals surface area contributed by atoms with E-state index in [0.29, 0.717) is 18.4 Å². The topological polar surface area (TPSA) is 92.8 Å². The van der Waals surface area contributed by atoms with Gasteiger partial charge in [-0.3, -0.25) is 9.59 Å². The van der Waals surface area contributed by atoms with E-state index >= 15 is 0 Å². The molecule has 2 aliphatic rings. The third kappa shape index (κ3) is 5.19. The molecule has 170 valence electrons. The molecule has 0 unspecified atom stereocenters. The van der Waals surface area contributed by atoms with Crippen molar-refractivity contribution in [1.29, 1.82) is 0 Å². The second kappa shape index (κ2) is 9.42. The Morgan fingerprint density at radius 1 is 0.969 bits per heavy atom. The van der Waals surface area contributed by atoms with E-state index in [1.54, 1.807) is 48.5 Å². The number of rotatable bonds is 7. The van der Waals surface area contributed by atoms with Crippen LogP contribution < -0.4 is 5.32 Å². The molecule has 32 heavy (non-hydrogen) atoms. The summed E-state index contributed by atoms with van der Waals surface area (Å²) in [6.07, 6.45) is 1.59. The third-order valence-electron chi connectivity index (χ3n) is 5.94. The molecule has 1 heterocycles. The highest BCUT2D eigenvalue weighted by Crippen LogP contribution is 2.28. The maximum absolute atomic E-state index is 12.9. The summed E-state index contributed by atoms with van der Waals surface area (Å²) < 4.78 is 32.9. The van der Waals surface area contributed by atoms with Crippen LogP contribution in [0.2, 0.25) is 0 Å². The van der Waals surface area contributed by atoms with Crippen molar-refractivity contribution in [2.75, 3.05) is 13.1 Å². The van der Waals surface area contributed by atoms with Gasteiger partial charge in [0.1, 0.15) is 0 Å². The molecule has 0 spiro atoms. The van der Waals surface area contributed by atoms with E-state index in [9.17, 15) is 18.0 Å². The maximum atomic E-state index is 12.9. The lowest BCUT2D eigenvalue weighted by molar-refractivity contribution is -0.161. The summed E-state index contributed by atoms with van der Waals surface area (Å²) in [5, 5.41) is 2.91. The molecule has 0 radical (unpaired) electrons. The number of carbonyl (C=O) groups excluding carboxylic acids is 2. The van der Waals surface area contributed by atoms with Crippen LogP contribution in [0, 0.1) is 12.8 Å². The summed E-state index contributed by atoms with van der Waals surface area (Å²) in [7, 11) is -3.60. The number of hydrogen-bond acceptors (Lipinski definition) is 5. The van der Waals surface area contributed by atoms with Crippen molar-refractivity contribution in [1.82, 2.24) is 9.62 Å². The number of amides is 1. The molecule has 4 rings (SSSR count). The van der Waals surface area contributed by atoms with Gasteiger partial charge >= 0.3 is 5.97 Å². The average molecular weight is 457 g/mol. The van der Waals surface area contributed by atoms with Gasteiger partial charge in [0.15, 0.2) is 0 Å². The molecule has 8 heteroatoms. The highest BCUT2D eigenvalue weighted by atomic mass is 32.2. The van der Waals surface area contributed by atoms with Crippen LogP contribution in [0.1, 0.15) is 42.9 Å². The van der Waals surface area contributed by atoms with Gasteiger partial charge in [0.25, 0.3) is 5.91 Å². The number of sulfonamides is 1. The molecule has 0 bridgehead atoms. The summed E-state index contributed by atoms with van der Waals surface area (Å²) in [5.74, 6) is -1.22. The van der Waals surface area contributed by atoms with E-state index in [-0.39, 0.29) is 29.9 Å². The van der Waals surface area contributed by atoms with Gasteiger partial charge in [0.2, 0.25) is 16.1 Å². The first-order chi connectivity index (χ1) is 15.3. The van der Waals surface area contributed by atoms with E-state index < -0.39 is 28.0 Å². The Kier molecular flexibility index (Phi) is 6.62. The van der Waals surface area contributed by atoms with Gasteiger partial charge in [-0.15, -0.1) is 0 Å². The van der Waals surface area contributed by atoms with Crippen molar-refractivity contribution < 1.29 is 22.7 Å². The predicted molar refractivity (Wildman–Crippen MR) is 119 cm³/mol. The molecule has 1 saturated heterocycles. The van der Waals surface area contributed by atoms with Gasteiger partial charge in [0, 0.05) is 24.7 Å². The SMILES string of the molecule is Cc1ccc(S(=O)(=O)N2CCC(C(=O)O[C@@H](C(=O)NC3CC3)c3ccccc3)CC2)cc1. The molecule has 0 aromatic heterocycles. The second-order valence-corrected chi connectivity index (χ2v) is 10.4. The predicted octanol–water partition coefficient (Wildman–Crippen LogP) is 2.96. The van der Waals surface area contributed by atoms with Crippen LogP contribution in [-0.2, 0) is 24.3 Å². The molecule has 7 nitrogen and oxygen atoms in total. The van der Waals surface area contributed by atoms with E-state index in [1.165, 1.54) is 4.31 Å². The van der Waals surface area contributed by atoms with Crippen LogP contribution in [0.4, 0.5) is 0 Å². The van der Waals surface area contributed by atoms with Crippen molar-refractivity contribution in [2.45, 2.75) is 49.6 Å². The Hall–Kier alpha value is -2.71. The molecule has 1 aliphatic carbocycles. The van der Waals surface area contributed by atoms with Gasteiger partial charge in [-0.1, -0.05) is 48.0 Å². The molecule has 2 aromatic rings. The Morgan fingerprint density at radius 3 is 2.19 bits per heavy atom. The molecule has 1 amide bonds. The first-order valence-corrected chi connectivity index (χ1v) is 12.4. The highest BCUT2D eigenvalue weighted by Gasteiger charge is 2.36. The van der Waals surface area contributed by atoms with Crippen molar-refractivity contribution >= 4 is 21.9 Å². The van der Waals surface area contributed by atoms with E-state index in [0.717, 1.165) is 18.4 Å². The smallest absolute Gasteiger partial charge is 0.310 e. The fraction of sp³-hybridized carbons (Fsp3) is 0.417. The standard InChI is InChI=1S/C24H28N2O5S/c1-17-7-11-21(12-8-17)32(29,30)26-15-13-19(14-16-26)24(28)31-22(18-5-3-2-4-6-18)23(27)25-20-9-10-20/h2-8,11-12,19-20,22H,9-10,13-16H2,1H3,(H,25,27)/t22-/m1/s1. The van der Waals surface area contributed by atoms with Crippen LogP contribution in [0.25, 0.3) is 0 Å². The summed E-state index contributed by atoms with van der Waals surface area (Å²) in [4.78, 5) is 25.8. The third-order valence-corrected chi connectivity index (χ3v) is 7.86. The zero-order valence-electron chi connectivity index (χ0n) is 18.1. The number of carbonyl (C=O) groups is 2. The Balaban J connectivity index is 1.39. The van der Waals surface area contributed by atoms with Gasteiger partial charge in [-0.25, -0.2) is 8.42 Å². The number of hydrogen-bond donors (Lipinski definition) is 1. The number of esters is 1. The lowest BCUT2D eigenvalue weighted by Crippen LogP contribution is -2.41. The number of piperidine rings is 1. The summed E-state index contributed by atoms with van der Waals surface area (Å²) in [5.41, 5.74) is 1.61. The van der Waals surface area contributed by atoms with Crippen molar-refractivity contribution in [3.05, 3.63) is 65.7 Å². The molecular formula is C24H28N2O5S. The Labute approximate surface area is 188 Å². The summed E-state index contributed by atoms with van der Waals surface area (Å²) in [6, 6.07) is 15.9.